The first-order chi connectivity index (χ1) is 11.7. The Morgan fingerprint density at radius 2 is 1.92 bits per heavy atom. The molecule has 8 heteroatoms. The Morgan fingerprint density at radius 1 is 1.20 bits per heavy atom. The topological polar surface area (TPSA) is 84.5 Å². The lowest BCUT2D eigenvalue weighted by molar-refractivity contribution is -0.117. The van der Waals surface area contributed by atoms with Crippen LogP contribution in [0, 0.1) is 6.92 Å². The molecule has 0 saturated carbocycles. The van der Waals surface area contributed by atoms with E-state index in [1.165, 1.54) is 26.2 Å². The van der Waals surface area contributed by atoms with E-state index in [1.807, 2.05) is 6.07 Å². The van der Waals surface area contributed by atoms with E-state index in [1.54, 1.807) is 31.2 Å². The molecular formula is C17H19BrN2O4S. The number of benzene rings is 2. The van der Waals surface area contributed by atoms with Gasteiger partial charge in [0.15, 0.2) is 0 Å². The van der Waals surface area contributed by atoms with E-state index in [0.29, 0.717) is 17.0 Å². The fourth-order valence-corrected chi connectivity index (χ4v) is 3.88. The van der Waals surface area contributed by atoms with Gasteiger partial charge in [0.2, 0.25) is 15.9 Å². The summed E-state index contributed by atoms with van der Waals surface area (Å²) >= 11 is 3.31. The molecule has 0 radical (unpaired) electrons. The molecule has 1 amide bonds. The highest BCUT2D eigenvalue weighted by molar-refractivity contribution is 9.10. The van der Waals surface area contributed by atoms with E-state index in [2.05, 4.69) is 26.0 Å². The van der Waals surface area contributed by atoms with Gasteiger partial charge in [0.25, 0.3) is 0 Å². The molecule has 0 aromatic heterocycles. The van der Waals surface area contributed by atoms with Crippen LogP contribution in [0.15, 0.2) is 51.8 Å². The van der Waals surface area contributed by atoms with E-state index in [4.69, 9.17) is 4.74 Å². The largest absolute Gasteiger partial charge is 0.496 e. The average molecular weight is 427 g/mol. The van der Waals surface area contributed by atoms with Crippen LogP contribution < -0.4 is 14.8 Å². The number of hydrogen-bond acceptors (Lipinski definition) is 4. The van der Waals surface area contributed by atoms with Crippen molar-refractivity contribution in [3.63, 3.8) is 0 Å². The first-order valence-corrected chi connectivity index (χ1v) is 9.74. The molecule has 2 aromatic carbocycles. The highest BCUT2D eigenvalue weighted by atomic mass is 79.9. The molecule has 0 aliphatic rings. The van der Waals surface area contributed by atoms with Crippen molar-refractivity contribution >= 4 is 37.5 Å². The monoisotopic (exact) mass is 426 g/mol. The normalized spacial score (nSPS) is 12.5. The Morgan fingerprint density at radius 3 is 2.52 bits per heavy atom. The van der Waals surface area contributed by atoms with Gasteiger partial charge in [0.1, 0.15) is 5.75 Å². The van der Waals surface area contributed by atoms with Crippen molar-refractivity contribution in [3.05, 3.63) is 52.5 Å². The third-order valence-corrected chi connectivity index (χ3v) is 5.53. The number of aryl methyl sites for hydroxylation is 1. The third kappa shape index (κ3) is 5.04. The second-order valence-electron chi connectivity index (χ2n) is 5.47. The van der Waals surface area contributed by atoms with Gasteiger partial charge in [-0.05, 0) is 55.8 Å². The number of carbonyl (C=O) groups is 1. The molecule has 0 spiro atoms. The zero-order chi connectivity index (χ0) is 18.6. The first kappa shape index (κ1) is 19.4. The Labute approximate surface area is 155 Å². The van der Waals surface area contributed by atoms with Gasteiger partial charge in [-0.3, -0.25) is 4.79 Å². The van der Waals surface area contributed by atoms with E-state index < -0.39 is 22.0 Å². The molecule has 0 bridgehead atoms. The van der Waals surface area contributed by atoms with E-state index in [-0.39, 0.29) is 4.90 Å². The maximum atomic E-state index is 12.5. The number of rotatable bonds is 6. The molecule has 1 atom stereocenters. The van der Waals surface area contributed by atoms with Crippen LogP contribution >= 0.6 is 15.9 Å². The minimum atomic E-state index is -3.83. The van der Waals surface area contributed by atoms with Gasteiger partial charge in [-0.25, -0.2) is 8.42 Å². The standard InChI is InChI=1S/C17H19BrN2O4S/c1-11-9-15(7-8-16(11)24-3)25(22,23)20-12(2)17(21)19-14-6-4-5-13(18)10-14/h4-10,12,20H,1-3H3,(H,19,21). The van der Waals surface area contributed by atoms with E-state index >= 15 is 0 Å². The second-order valence-corrected chi connectivity index (χ2v) is 8.10. The van der Waals surface area contributed by atoms with Crippen LogP contribution in [0.5, 0.6) is 5.75 Å². The number of methoxy groups -OCH3 is 1. The minimum absolute atomic E-state index is 0.0768. The fraction of sp³-hybridized carbons (Fsp3) is 0.235. The predicted octanol–water partition coefficient (Wildman–Crippen LogP) is 3.07. The van der Waals surface area contributed by atoms with Gasteiger partial charge >= 0.3 is 0 Å². The molecule has 2 N–H and O–H groups in total. The molecule has 2 aromatic rings. The van der Waals surface area contributed by atoms with Crippen molar-refractivity contribution < 1.29 is 17.9 Å². The number of hydrogen-bond donors (Lipinski definition) is 2. The number of carbonyl (C=O) groups excluding carboxylic acids is 1. The molecule has 1 unspecified atom stereocenters. The van der Waals surface area contributed by atoms with Crippen molar-refractivity contribution in [2.45, 2.75) is 24.8 Å². The van der Waals surface area contributed by atoms with Gasteiger partial charge < -0.3 is 10.1 Å². The number of nitrogens with one attached hydrogen (secondary N) is 2. The summed E-state index contributed by atoms with van der Waals surface area (Å²) in [4.78, 5) is 12.3. The lowest BCUT2D eigenvalue weighted by Crippen LogP contribution is -2.41. The summed E-state index contributed by atoms with van der Waals surface area (Å²) in [6, 6.07) is 10.6. The highest BCUT2D eigenvalue weighted by Crippen LogP contribution is 2.21. The van der Waals surface area contributed by atoms with Gasteiger partial charge in [0.05, 0.1) is 18.0 Å². The molecule has 2 rings (SSSR count). The summed E-state index contributed by atoms with van der Waals surface area (Å²) in [5, 5.41) is 2.67. The van der Waals surface area contributed by atoms with Crippen molar-refractivity contribution in [1.82, 2.24) is 4.72 Å². The molecule has 0 aliphatic heterocycles. The molecular weight excluding hydrogens is 408 g/mol. The Balaban J connectivity index is 2.11. The van der Waals surface area contributed by atoms with E-state index in [0.717, 1.165) is 4.47 Å². The van der Waals surface area contributed by atoms with Crippen molar-refractivity contribution in [2.24, 2.45) is 0 Å². The van der Waals surface area contributed by atoms with Crippen LogP contribution in [-0.4, -0.2) is 27.5 Å². The van der Waals surface area contributed by atoms with Crippen molar-refractivity contribution in [1.29, 1.82) is 0 Å². The number of anilines is 1. The number of ether oxygens (including phenoxy) is 1. The van der Waals surface area contributed by atoms with Crippen molar-refractivity contribution in [3.8, 4) is 5.75 Å². The lowest BCUT2D eigenvalue weighted by Gasteiger charge is -2.15. The van der Waals surface area contributed by atoms with Crippen LogP contribution in [0.1, 0.15) is 12.5 Å². The predicted molar refractivity (Wildman–Crippen MR) is 100 cm³/mol. The minimum Gasteiger partial charge on any atom is -0.496 e. The van der Waals surface area contributed by atoms with Gasteiger partial charge in [-0.15, -0.1) is 0 Å². The molecule has 0 heterocycles. The quantitative estimate of drug-likeness (QED) is 0.742. The maximum Gasteiger partial charge on any atom is 0.242 e. The summed E-state index contributed by atoms with van der Waals surface area (Å²) in [6.07, 6.45) is 0. The second kappa shape index (κ2) is 7.99. The van der Waals surface area contributed by atoms with Crippen LogP contribution in [0.25, 0.3) is 0 Å². The fourth-order valence-electron chi connectivity index (χ4n) is 2.19. The van der Waals surface area contributed by atoms with E-state index in [9.17, 15) is 13.2 Å². The first-order valence-electron chi connectivity index (χ1n) is 7.46. The van der Waals surface area contributed by atoms with Crippen LogP contribution in [0.3, 0.4) is 0 Å². The Hall–Kier alpha value is -1.90. The van der Waals surface area contributed by atoms with Gasteiger partial charge in [-0.2, -0.15) is 4.72 Å². The number of amides is 1. The molecule has 0 saturated heterocycles. The van der Waals surface area contributed by atoms with Gasteiger partial charge in [-0.1, -0.05) is 22.0 Å². The summed E-state index contributed by atoms with van der Waals surface area (Å²) in [5.41, 5.74) is 1.27. The lowest BCUT2D eigenvalue weighted by atomic mass is 10.2. The maximum absolute atomic E-state index is 12.5. The average Bonchev–Trinajstić information content (AvgIpc) is 2.54. The Kier molecular flexibility index (Phi) is 6.21. The number of halogens is 1. The highest BCUT2D eigenvalue weighted by Gasteiger charge is 2.22. The smallest absolute Gasteiger partial charge is 0.242 e. The Bertz CT molecular complexity index is 884. The van der Waals surface area contributed by atoms with Crippen LogP contribution in [0.4, 0.5) is 5.69 Å². The molecule has 0 aliphatic carbocycles. The summed E-state index contributed by atoms with van der Waals surface area (Å²) in [6.45, 7) is 3.24. The summed E-state index contributed by atoms with van der Waals surface area (Å²) in [7, 11) is -2.31. The molecule has 134 valence electrons. The zero-order valence-electron chi connectivity index (χ0n) is 14.0. The number of sulfonamides is 1. The van der Waals surface area contributed by atoms with Crippen LogP contribution in [-0.2, 0) is 14.8 Å². The third-order valence-electron chi connectivity index (χ3n) is 3.49. The van der Waals surface area contributed by atoms with Crippen molar-refractivity contribution in [2.75, 3.05) is 12.4 Å². The summed E-state index contributed by atoms with van der Waals surface area (Å²) < 4.78 is 33.2. The SMILES string of the molecule is COc1ccc(S(=O)(=O)NC(C)C(=O)Nc2cccc(Br)c2)cc1C. The summed E-state index contributed by atoms with van der Waals surface area (Å²) in [5.74, 6) is 0.145. The molecule has 0 fully saturated rings. The zero-order valence-corrected chi connectivity index (χ0v) is 16.4. The molecule has 25 heavy (non-hydrogen) atoms. The van der Waals surface area contributed by atoms with Crippen LogP contribution in [0.2, 0.25) is 0 Å². The van der Waals surface area contributed by atoms with Gasteiger partial charge in [0, 0.05) is 10.2 Å². The molecule has 6 nitrogen and oxygen atoms in total.